The molecule has 72 valence electrons. The average molecular weight is 183 g/mol. The lowest BCUT2D eigenvalue weighted by molar-refractivity contribution is -0.120. The Morgan fingerprint density at radius 1 is 1.69 bits per heavy atom. The Bertz CT molecular complexity index is 279. The number of hydrogen-bond donors (Lipinski definition) is 2. The van der Waals surface area contributed by atoms with E-state index in [2.05, 4.69) is 4.99 Å². The standard InChI is InChI=1S/C9H13NO3/c1-3-6-4-10-7(5(2)11)9(13)8(6)12/h4-6,11,13H,3H2,1-2H3. The average Bonchev–Trinajstić information content (AvgIpc) is 2.09. The smallest absolute Gasteiger partial charge is 0.207 e. The monoisotopic (exact) mass is 183 g/mol. The molecular formula is C9H13NO3. The van der Waals surface area contributed by atoms with Crippen LogP contribution in [0, 0.1) is 5.92 Å². The van der Waals surface area contributed by atoms with Gasteiger partial charge >= 0.3 is 0 Å². The molecule has 2 atom stereocenters. The van der Waals surface area contributed by atoms with Crippen LogP contribution in [0.5, 0.6) is 0 Å². The molecule has 0 saturated heterocycles. The summed E-state index contributed by atoms with van der Waals surface area (Å²) < 4.78 is 0. The van der Waals surface area contributed by atoms with Crippen LogP contribution in [0.3, 0.4) is 0 Å². The molecule has 0 radical (unpaired) electrons. The van der Waals surface area contributed by atoms with Gasteiger partial charge in [-0.05, 0) is 13.3 Å². The van der Waals surface area contributed by atoms with Crippen molar-refractivity contribution in [2.24, 2.45) is 10.9 Å². The number of carbonyl (C=O) groups excluding carboxylic acids is 1. The van der Waals surface area contributed by atoms with Gasteiger partial charge in [-0.25, -0.2) is 0 Å². The van der Waals surface area contributed by atoms with Crippen molar-refractivity contribution in [3.05, 3.63) is 11.5 Å². The quantitative estimate of drug-likeness (QED) is 0.665. The van der Waals surface area contributed by atoms with E-state index in [9.17, 15) is 9.90 Å². The lowest BCUT2D eigenvalue weighted by Crippen LogP contribution is -2.25. The maximum Gasteiger partial charge on any atom is 0.207 e. The van der Waals surface area contributed by atoms with Gasteiger partial charge in [0.25, 0.3) is 0 Å². The van der Waals surface area contributed by atoms with Crippen LogP contribution in [0.2, 0.25) is 0 Å². The van der Waals surface area contributed by atoms with Crippen molar-refractivity contribution in [1.82, 2.24) is 0 Å². The van der Waals surface area contributed by atoms with Gasteiger partial charge in [0, 0.05) is 6.21 Å². The van der Waals surface area contributed by atoms with E-state index in [4.69, 9.17) is 5.11 Å². The van der Waals surface area contributed by atoms with E-state index in [0.717, 1.165) is 0 Å². The third kappa shape index (κ3) is 1.78. The van der Waals surface area contributed by atoms with Gasteiger partial charge in [0.15, 0.2) is 5.76 Å². The van der Waals surface area contributed by atoms with Crippen molar-refractivity contribution >= 4 is 12.0 Å². The summed E-state index contributed by atoms with van der Waals surface area (Å²) in [6, 6.07) is 0. The van der Waals surface area contributed by atoms with Gasteiger partial charge in [-0.2, -0.15) is 0 Å². The van der Waals surface area contributed by atoms with Crippen molar-refractivity contribution < 1.29 is 15.0 Å². The zero-order valence-electron chi connectivity index (χ0n) is 7.69. The summed E-state index contributed by atoms with van der Waals surface area (Å²) in [7, 11) is 0. The molecule has 1 heterocycles. The fourth-order valence-electron chi connectivity index (χ4n) is 1.20. The Balaban J connectivity index is 2.97. The van der Waals surface area contributed by atoms with E-state index < -0.39 is 11.9 Å². The molecule has 13 heavy (non-hydrogen) atoms. The van der Waals surface area contributed by atoms with Gasteiger partial charge in [0.1, 0.15) is 5.70 Å². The minimum absolute atomic E-state index is 0.0645. The normalized spacial score (nSPS) is 25.2. The molecule has 1 rings (SSSR count). The SMILES string of the molecule is CCC1C=NC(C(C)O)=C(O)C1=O. The van der Waals surface area contributed by atoms with Gasteiger partial charge in [-0.1, -0.05) is 6.92 Å². The molecule has 4 nitrogen and oxygen atoms in total. The van der Waals surface area contributed by atoms with E-state index in [0.29, 0.717) is 6.42 Å². The highest BCUT2D eigenvalue weighted by atomic mass is 16.3. The van der Waals surface area contributed by atoms with Gasteiger partial charge in [-0.3, -0.25) is 9.79 Å². The van der Waals surface area contributed by atoms with Gasteiger partial charge in [-0.15, -0.1) is 0 Å². The molecule has 1 aliphatic heterocycles. The fraction of sp³-hybridized carbons (Fsp3) is 0.556. The summed E-state index contributed by atoms with van der Waals surface area (Å²) in [5, 5.41) is 18.5. The summed E-state index contributed by atoms with van der Waals surface area (Å²) >= 11 is 0. The van der Waals surface area contributed by atoms with Crippen LogP contribution in [0.25, 0.3) is 0 Å². The number of aliphatic hydroxyl groups excluding tert-OH is 2. The lowest BCUT2D eigenvalue weighted by atomic mass is 9.97. The van der Waals surface area contributed by atoms with E-state index in [-0.39, 0.29) is 17.4 Å². The second kappa shape index (κ2) is 3.70. The summed E-state index contributed by atoms with van der Waals surface area (Å²) in [4.78, 5) is 15.2. The Morgan fingerprint density at radius 3 is 2.77 bits per heavy atom. The number of allylic oxidation sites excluding steroid dienone is 1. The van der Waals surface area contributed by atoms with Crippen LogP contribution in [0.15, 0.2) is 16.4 Å². The van der Waals surface area contributed by atoms with Crippen LogP contribution in [-0.2, 0) is 4.79 Å². The van der Waals surface area contributed by atoms with E-state index >= 15 is 0 Å². The van der Waals surface area contributed by atoms with Gasteiger partial charge < -0.3 is 10.2 Å². The van der Waals surface area contributed by atoms with E-state index in [1.807, 2.05) is 6.92 Å². The lowest BCUT2D eigenvalue weighted by Gasteiger charge is -2.16. The molecule has 2 N–H and O–H groups in total. The molecule has 0 saturated carbocycles. The third-order valence-corrected chi connectivity index (χ3v) is 2.04. The number of aliphatic imine (C=N–C) groups is 1. The number of ketones is 1. The molecule has 1 aliphatic rings. The largest absolute Gasteiger partial charge is 0.503 e. The molecule has 0 bridgehead atoms. The number of carbonyl (C=O) groups is 1. The van der Waals surface area contributed by atoms with Crippen LogP contribution in [-0.4, -0.2) is 28.3 Å². The first-order valence-corrected chi connectivity index (χ1v) is 4.27. The molecule has 2 unspecified atom stereocenters. The highest BCUT2D eigenvalue weighted by Crippen LogP contribution is 2.19. The Kier molecular flexibility index (Phi) is 2.83. The molecule has 0 aromatic heterocycles. The van der Waals surface area contributed by atoms with E-state index in [1.165, 1.54) is 13.1 Å². The second-order valence-corrected chi connectivity index (χ2v) is 3.07. The van der Waals surface area contributed by atoms with Crippen molar-refractivity contribution in [2.45, 2.75) is 26.4 Å². The predicted molar refractivity (Wildman–Crippen MR) is 48.6 cm³/mol. The highest BCUT2D eigenvalue weighted by molar-refractivity contribution is 6.06. The summed E-state index contributed by atoms with van der Waals surface area (Å²) in [5.41, 5.74) is 0.0645. The van der Waals surface area contributed by atoms with Crippen molar-refractivity contribution in [3.8, 4) is 0 Å². The second-order valence-electron chi connectivity index (χ2n) is 3.07. The number of Topliss-reactive ketones (excluding diaryl/α,β-unsaturated/α-hetero) is 1. The number of aliphatic hydroxyl groups is 2. The molecule has 0 fully saturated rings. The molecule has 0 spiro atoms. The number of nitrogens with zero attached hydrogens (tertiary/aromatic N) is 1. The first-order valence-electron chi connectivity index (χ1n) is 4.27. The van der Waals surface area contributed by atoms with Gasteiger partial charge in [0.05, 0.1) is 12.0 Å². The maximum atomic E-state index is 11.4. The third-order valence-electron chi connectivity index (χ3n) is 2.04. The zero-order valence-corrected chi connectivity index (χ0v) is 7.69. The number of rotatable bonds is 2. The minimum Gasteiger partial charge on any atom is -0.503 e. The Hall–Kier alpha value is -1.16. The maximum absolute atomic E-state index is 11.4. The first kappa shape index (κ1) is 9.92. The summed E-state index contributed by atoms with van der Waals surface area (Å²) in [5.74, 6) is -1.10. The van der Waals surface area contributed by atoms with Gasteiger partial charge in [0.2, 0.25) is 5.78 Å². The molecular weight excluding hydrogens is 170 g/mol. The first-order chi connectivity index (χ1) is 6.07. The molecule has 0 amide bonds. The van der Waals surface area contributed by atoms with Crippen LogP contribution < -0.4 is 0 Å². The minimum atomic E-state index is -0.905. The van der Waals surface area contributed by atoms with Crippen LogP contribution in [0.4, 0.5) is 0 Å². The predicted octanol–water partition coefficient (Wildman–Crippen LogP) is 0.817. The Morgan fingerprint density at radius 2 is 2.31 bits per heavy atom. The summed E-state index contributed by atoms with van der Waals surface area (Å²) in [6.07, 6.45) is 1.18. The van der Waals surface area contributed by atoms with Crippen molar-refractivity contribution in [2.75, 3.05) is 0 Å². The van der Waals surface area contributed by atoms with Crippen molar-refractivity contribution in [1.29, 1.82) is 0 Å². The Labute approximate surface area is 76.6 Å². The highest BCUT2D eigenvalue weighted by Gasteiger charge is 2.27. The molecule has 4 heteroatoms. The van der Waals surface area contributed by atoms with Crippen molar-refractivity contribution in [3.63, 3.8) is 0 Å². The van der Waals surface area contributed by atoms with Crippen LogP contribution in [0.1, 0.15) is 20.3 Å². The number of hydrogen-bond acceptors (Lipinski definition) is 4. The molecule has 0 aliphatic carbocycles. The fourth-order valence-corrected chi connectivity index (χ4v) is 1.20. The summed E-state index contributed by atoms with van der Waals surface area (Å²) in [6.45, 7) is 3.30. The molecule has 0 aromatic rings. The van der Waals surface area contributed by atoms with Crippen LogP contribution >= 0.6 is 0 Å². The van der Waals surface area contributed by atoms with E-state index in [1.54, 1.807) is 0 Å². The zero-order chi connectivity index (χ0) is 10.0. The molecule has 0 aromatic carbocycles. The topological polar surface area (TPSA) is 69.9 Å².